The molecule has 4 heteroatoms. The standard InChI is InChI=1S/C10H23N3O/c1-5-6-9(11)10(14)12-8(2)7-13(3)4/h8-9H,5-7,11H2,1-4H3,(H,12,14)/t8?,9-/m1/s1. The van der Waals surface area contributed by atoms with Crippen LogP contribution in [0.4, 0.5) is 0 Å². The molecule has 0 aliphatic heterocycles. The third-order valence-electron chi connectivity index (χ3n) is 1.96. The van der Waals surface area contributed by atoms with E-state index in [9.17, 15) is 4.79 Å². The van der Waals surface area contributed by atoms with Gasteiger partial charge in [0.2, 0.25) is 5.91 Å². The maximum atomic E-state index is 11.5. The minimum Gasteiger partial charge on any atom is -0.351 e. The molecule has 0 fully saturated rings. The van der Waals surface area contributed by atoms with Gasteiger partial charge in [-0.05, 0) is 27.4 Å². The maximum Gasteiger partial charge on any atom is 0.237 e. The molecule has 1 amide bonds. The lowest BCUT2D eigenvalue weighted by atomic mass is 10.1. The Kier molecular flexibility index (Phi) is 6.49. The van der Waals surface area contributed by atoms with Crippen molar-refractivity contribution in [2.24, 2.45) is 5.73 Å². The summed E-state index contributed by atoms with van der Waals surface area (Å²) in [7, 11) is 3.96. The zero-order chi connectivity index (χ0) is 11.1. The van der Waals surface area contributed by atoms with Crippen LogP contribution in [0.2, 0.25) is 0 Å². The molecule has 2 atom stereocenters. The Labute approximate surface area is 86.8 Å². The van der Waals surface area contributed by atoms with E-state index in [-0.39, 0.29) is 18.0 Å². The van der Waals surface area contributed by atoms with Crippen molar-refractivity contribution in [3.8, 4) is 0 Å². The number of nitrogens with one attached hydrogen (secondary N) is 1. The Balaban J connectivity index is 3.80. The lowest BCUT2D eigenvalue weighted by molar-refractivity contribution is -0.123. The number of amides is 1. The van der Waals surface area contributed by atoms with Gasteiger partial charge in [-0.3, -0.25) is 4.79 Å². The van der Waals surface area contributed by atoms with Crippen molar-refractivity contribution in [2.45, 2.75) is 38.8 Å². The number of rotatable bonds is 6. The van der Waals surface area contributed by atoms with E-state index in [2.05, 4.69) is 5.32 Å². The van der Waals surface area contributed by atoms with Crippen molar-refractivity contribution in [1.29, 1.82) is 0 Å². The summed E-state index contributed by atoms with van der Waals surface area (Å²) in [4.78, 5) is 13.5. The third kappa shape index (κ3) is 5.94. The predicted molar refractivity (Wildman–Crippen MR) is 59.0 cm³/mol. The van der Waals surface area contributed by atoms with E-state index in [1.807, 2.05) is 32.8 Å². The van der Waals surface area contributed by atoms with Gasteiger partial charge in [0.1, 0.15) is 0 Å². The number of carbonyl (C=O) groups excluding carboxylic acids is 1. The van der Waals surface area contributed by atoms with E-state index in [0.29, 0.717) is 0 Å². The molecule has 0 rings (SSSR count). The molecule has 14 heavy (non-hydrogen) atoms. The second-order valence-electron chi connectivity index (χ2n) is 4.07. The molecule has 3 N–H and O–H groups in total. The first kappa shape index (κ1) is 13.4. The molecule has 1 unspecified atom stereocenters. The fraction of sp³-hybridized carbons (Fsp3) is 0.900. The summed E-state index contributed by atoms with van der Waals surface area (Å²) in [6.07, 6.45) is 1.69. The van der Waals surface area contributed by atoms with Gasteiger partial charge in [0.15, 0.2) is 0 Å². The molecular formula is C10H23N3O. The molecular weight excluding hydrogens is 178 g/mol. The number of nitrogens with two attached hydrogens (primary N) is 1. The minimum atomic E-state index is -0.357. The van der Waals surface area contributed by atoms with Crippen LogP contribution in [0, 0.1) is 0 Å². The molecule has 0 heterocycles. The zero-order valence-corrected chi connectivity index (χ0v) is 9.71. The lowest BCUT2D eigenvalue weighted by Crippen LogP contribution is -2.47. The molecule has 0 bridgehead atoms. The third-order valence-corrected chi connectivity index (χ3v) is 1.96. The minimum absolute atomic E-state index is 0.0406. The van der Waals surface area contributed by atoms with E-state index in [4.69, 9.17) is 5.73 Å². The molecule has 0 saturated carbocycles. The molecule has 4 nitrogen and oxygen atoms in total. The molecule has 0 aromatic heterocycles. The second kappa shape index (κ2) is 6.79. The van der Waals surface area contributed by atoms with Gasteiger partial charge in [-0.2, -0.15) is 0 Å². The molecule has 84 valence electrons. The average Bonchev–Trinajstić information content (AvgIpc) is 2.02. The van der Waals surface area contributed by atoms with Crippen LogP contribution in [0.15, 0.2) is 0 Å². The van der Waals surface area contributed by atoms with Crippen LogP contribution in [-0.4, -0.2) is 43.5 Å². The molecule has 0 spiro atoms. The van der Waals surface area contributed by atoms with Gasteiger partial charge in [-0.15, -0.1) is 0 Å². The maximum absolute atomic E-state index is 11.5. The Bertz CT molecular complexity index is 171. The fourth-order valence-corrected chi connectivity index (χ4v) is 1.39. The molecule has 0 saturated heterocycles. The summed E-state index contributed by atoms with van der Waals surface area (Å²) < 4.78 is 0. The van der Waals surface area contributed by atoms with Gasteiger partial charge >= 0.3 is 0 Å². The van der Waals surface area contributed by atoms with Crippen LogP contribution in [0.3, 0.4) is 0 Å². The smallest absolute Gasteiger partial charge is 0.237 e. The number of nitrogens with zero attached hydrogens (tertiary/aromatic N) is 1. The summed E-state index contributed by atoms with van der Waals surface area (Å²) >= 11 is 0. The van der Waals surface area contributed by atoms with Crippen LogP contribution < -0.4 is 11.1 Å². The first-order valence-electron chi connectivity index (χ1n) is 5.18. The van der Waals surface area contributed by atoms with Crippen LogP contribution in [0.25, 0.3) is 0 Å². The van der Waals surface area contributed by atoms with Gasteiger partial charge in [-0.1, -0.05) is 13.3 Å². The highest BCUT2D eigenvalue weighted by Gasteiger charge is 2.14. The van der Waals surface area contributed by atoms with E-state index in [1.54, 1.807) is 0 Å². The highest BCUT2D eigenvalue weighted by molar-refractivity contribution is 5.81. The summed E-state index contributed by atoms with van der Waals surface area (Å²) in [5.41, 5.74) is 5.68. The lowest BCUT2D eigenvalue weighted by Gasteiger charge is -2.20. The van der Waals surface area contributed by atoms with E-state index >= 15 is 0 Å². The highest BCUT2D eigenvalue weighted by Crippen LogP contribution is 1.94. The van der Waals surface area contributed by atoms with Gasteiger partial charge in [0.25, 0.3) is 0 Å². The summed E-state index contributed by atoms with van der Waals surface area (Å²) in [5.74, 6) is -0.0406. The zero-order valence-electron chi connectivity index (χ0n) is 9.71. The number of hydrogen-bond acceptors (Lipinski definition) is 3. The number of likely N-dealkylation sites (N-methyl/N-ethyl adjacent to an activating group) is 1. The predicted octanol–water partition coefficient (Wildman–Crippen LogP) is 0.180. The van der Waals surface area contributed by atoms with Crippen molar-refractivity contribution < 1.29 is 4.79 Å². The fourth-order valence-electron chi connectivity index (χ4n) is 1.39. The van der Waals surface area contributed by atoms with Crippen molar-refractivity contribution in [3.05, 3.63) is 0 Å². The molecule has 0 radical (unpaired) electrons. The molecule has 0 aromatic rings. The molecule has 0 aliphatic rings. The summed E-state index contributed by atoms with van der Waals surface area (Å²) in [6, 6.07) is -0.204. The van der Waals surface area contributed by atoms with E-state index < -0.39 is 0 Å². The monoisotopic (exact) mass is 201 g/mol. The SMILES string of the molecule is CCC[C@@H](N)C(=O)NC(C)CN(C)C. The van der Waals surface area contributed by atoms with Crippen LogP contribution >= 0.6 is 0 Å². The largest absolute Gasteiger partial charge is 0.351 e. The van der Waals surface area contributed by atoms with Gasteiger partial charge < -0.3 is 16.0 Å². The van der Waals surface area contributed by atoms with Gasteiger partial charge in [0.05, 0.1) is 6.04 Å². The topological polar surface area (TPSA) is 58.4 Å². The number of carbonyl (C=O) groups is 1. The Morgan fingerprint density at radius 3 is 2.50 bits per heavy atom. The normalized spacial score (nSPS) is 15.3. The Morgan fingerprint density at radius 1 is 1.50 bits per heavy atom. The Morgan fingerprint density at radius 2 is 2.07 bits per heavy atom. The van der Waals surface area contributed by atoms with Gasteiger partial charge in [-0.25, -0.2) is 0 Å². The van der Waals surface area contributed by atoms with Crippen molar-refractivity contribution in [1.82, 2.24) is 10.2 Å². The van der Waals surface area contributed by atoms with Gasteiger partial charge in [0, 0.05) is 12.6 Å². The summed E-state index contributed by atoms with van der Waals surface area (Å²) in [5, 5.41) is 2.89. The second-order valence-corrected chi connectivity index (χ2v) is 4.07. The van der Waals surface area contributed by atoms with E-state index in [1.165, 1.54) is 0 Å². The first-order valence-corrected chi connectivity index (χ1v) is 5.18. The molecule has 0 aromatic carbocycles. The van der Waals surface area contributed by atoms with Crippen LogP contribution in [0.5, 0.6) is 0 Å². The van der Waals surface area contributed by atoms with Crippen LogP contribution in [0.1, 0.15) is 26.7 Å². The molecule has 0 aliphatic carbocycles. The van der Waals surface area contributed by atoms with Crippen LogP contribution in [-0.2, 0) is 4.79 Å². The average molecular weight is 201 g/mol. The Hall–Kier alpha value is -0.610. The van der Waals surface area contributed by atoms with Crippen molar-refractivity contribution in [2.75, 3.05) is 20.6 Å². The van der Waals surface area contributed by atoms with E-state index in [0.717, 1.165) is 19.4 Å². The van der Waals surface area contributed by atoms with Crippen molar-refractivity contribution in [3.63, 3.8) is 0 Å². The van der Waals surface area contributed by atoms with Crippen molar-refractivity contribution >= 4 is 5.91 Å². The number of hydrogen-bond donors (Lipinski definition) is 2. The highest BCUT2D eigenvalue weighted by atomic mass is 16.2. The quantitative estimate of drug-likeness (QED) is 0.644. The summed E-state index contributed by atoms with van der Waals surface area (Å²) in [6.45, 7) is 4.84. The first-order chi connectivity index (χ1) is 6.47.